The zero-order chi connectivity index (χ0) is 21.7. The third-order valence-corrected chi connectivity index (χ3v) is 7.30. The molecule has 164 valence electrons. The van der Waals surface area contributed by atoms with E-state index in [1.165, 1.54) is 4.31 Å². The van der Waals surface area contributed by atoms with Crippen molar-refractivity contribution in [3.63, 3.8) is 0 Å². The van der Waals surface area contributed by atoms with Gasteiger partial charge in [0.1, 0.15) is 24.2 Å². The molecule has 0 spiro atoms. The molecule has 1 heterocycles. The molecule has 1 unspecified atom stereocenters. The number of ether oxygens (including phenoxy) is 2. The maximum atomic E-state index is 13.0. The first-order chi connectivity index (χ1) is 14.3. The van der Waals surface area contributed by atoms with E-state index < -0.39 is 16.1 Å². The monoisotopic (exact) mass is 434 g/mol. The Morgan fingerprint density at radius 2 is 1.63 bits per heavy atom. The van der Waals surface area contributed by atoms with E-state index in [0.29, 0.717) is 43.4 Å². The molecule has 1 saturated heterocycles. The van der Waals surface area contributed by atoms with E-state index in [1.807, 2.05) is 26.0 Å². The lowest BCUT2D eigenvalue weighted by atomic mass is 10.2. The van der Waals surface area contributed by atoms with Crippen molar-refractivity contribution in [1.29, 1.82) is 0 Å². The summed E-state index contributed by atoms with van der Waals surface area (Å²) in [6.45, 7) is 6.28. The van der Waals surface area contributed by atoms with E-state index in [-0.39, 0.29) is 6.61 Å². The number of rotatable bonds is 8. The highest BCUT2D eigenvalue weighted by Gasteiger charge is 2.30. The molecule has 0 aromatic heterocycles. The molecular formula is C22H30N2O5S. The Kier molecular flexibility index (Phi) is 7.36. The highest BCUT2D eigenvalue weighted by molar-refractivity contribution is 7.89. The fourth-order valence-electron chi connectivity index (χ4n) is 3.49. The molecule has 2 aromatic carbocycles. The van der Waals surface area contributed by atoms with Crippen LogP contribution in [0.25, 0.3) is 0 Å². The fraction of sp³-hybridized carbons (Fsp3) is 0.455. The van der Waals surface area contributed by atoms with Crippen molar-refractivity contribution >= 4 is 10.0 Å². The molecule has 1 fully saturated rings. The summed E-state index contributed by atoms with van der Waals surface area (Å²) in [4.78, 5) is 2.45. The van der Waals surface area contributed by atoms with Crippen molar-refractivity contribution < 1.29 is 23.0 Å². The number of β-amino-alcohol motifs (C(OH)–C–C–N with tert-alkyl or cyclic N) is 1. The summed E-state index contributed by atoms with van der Waals surface area (Å²) in [6, 6.07) is 12.7. The zero-order valence-electron chi connectivity index (χ0n) is 17.7. The number of aliphatic hydroxyl groups excluding tert-OH is 1. The van der Waals surface area contributed by atoms with E-state index in [0.717, 1.165) is 16.9 Å². The molecule has 1 atom stereocenters. The molecule has 0 amide bonds. The van der Waals surface area contributed by atoms with Gasteiger partial charge in [0, 0.05) is 32.7 Å². The molecule has 1 aliphatic heterocycles. The van der Waals surface area contributed by atoms with Crippen LogP contribution in [0.2, 0.25) is 0 Å². The first kappa shape index (κ1) is 22.6. The summed E-state index contributed by atoms with van der Waals surface area (Å²) in [5.41, 5.74) is 1.69. The smallest absolute Gasteiger partial charge is 0.243 e. The summed E-state index contributed by atoms with van der Waals surface area (Å²) in [5, 5.41) is 10.3. The lowest BCUT2D eigenvalue weighted by Crippen LogP contribution is -2.50. The molecule has 3 rings (SSSR count). The van der Waals surface area contributed by atoms with Gasteiger partial charge in [-0.05, 0) is 55.3 Å². The summed E-state index contributed by atoms with van der Waals surface area (Å²) >= 11 is 0. The van der Waals surface area contributed by atoms with Crippen LogP contribution in [0.15, 0.2) is 47.4 Å². The molecule has 0 aliphatic carbocycles. The third kappa shape index (κ3) is 5.51. The normalized spacial score (nSPS) is 16.9. The molecule has 0 radical (unpaired) electrons. The fourth-order valence-corrected chi connectivity index (χ4v) is 5.22. The lowest BCUT2D eigenvalue weighted by molar-refractivity contribution is 0.0569. The lowest BCUT2D eigenvalue weighted by Gasteiger charge is -2.35. The van der Waals surface area contributed by atoms with Gasteiger partial charge in [-0.2, -0.15) is 4.31 Å². The van der Waals surface area contributed by atoms with Crippen LogP contribution in [0, 0.1) is 13.8 Å². The standard InChI is InChI=1S/C22H30N2O5S/c1-17-4-5-18(2)22(14-17)30(26,27)24-12-10-23(11-13-24)15-19(25)16-29-21-8-6-20(28-3)7-9-21/h4-9,14,19,25H,10-13,15-16H2,1-3H3. The van der Waals surface area contributed by atoms with Gasteiger partial charge in [-0.15, -0.1) is 0 Å². The Morgan fingerprint density at radius 1 is 1.00 bits per heavy atom. The van der Waals surface area contributed by atoms with Crippen LogP contribution < -0.4 is 9.47 Å². The minimum Gasteiger partial charge on any atom is -0.497 e. The van der Waals surface area contributed by atoms with Crippen LogP contribution in [0.5, 0.6) is 11.5 Å². The number of aryl methyl sites for hydroxylation is 2. The number of aliphatic hydroxyl groups is 1. The molecule has 0 bridgehead atoms. The molecular weight excluding hydrogens is 404 g/mol. The number of methoxy groups -OCH3 is 1. The van der Waals surface area contributed by atoms with Crippen molar-refractivity contribution in [3.8, 4) is 11.5 Å². The highest BCUT2D eigenvalue weighted by Crippen LogP contribution is 2.22. The number of benzene rings is 2. The second kappa shape index (κ2) is 9.78. The van der Waals surface area contributed by atoms with E-state index in [9.17, 15) is 13.5 Å². The second-order valence-electron chi connectivity index (χ2n) is 7.61. The number of hydrogen-bond acceptors (Lipinski definition) is 6. The Labute approximate surface area is 178 Å². The summed E-state index contributed by atoms with van der Waals surface area (Å²) in [6.07, 6.45) is -0.658. The number of nitrogens with zero attached hydrogens (tertiary/aromatic N) is 2. The molecule has 0 saturated carbocycles. The van der Waals surface area contributed by atoms with Crippen LogP contribution in [0.4, 0.5) is 0 Å². The van der Waals surface area contributed by atoms with Gasteiger partial charge in [0.25, 0.3) is 0 Å². The van der Waals surface area contributed by atoms with Gasteiger partial charge in [-0.3, -0.25) is 4.90 Å². The van der Waals surface area contributed by atoms with Gasteiger partial charge in [0.2, 0.25) is 10.0 Å². The van der Waals surface area contributed by atoms with E-state index in [1.54, 1.807) is 37.4 Å². The van der Waals surface area contributed by atoms with Crippen LogP contribution in [-0.2, 0) is 10.0 Å². The molecule has 1 N–H and O–H groups in total. The van der Waals surface area contributed by atoms with Crippen molar-refractivity contribution in [2.24, 2.45) is 0 Å². The van der Waals surface area contributed by atoms with Gasteiger partial charge in [0.05, 0.1) is 12.0 Å². The average Bonchev–Trinajstić information content (AvgIpc) is 2.74. The van der Waals surface area contributed by atoms with E-state index >= 15 is 0 Å². The van der Waals surface area contributed by atoms with Gasteiger partial charge in [0.15, 0.2) is 0 Å². The summed E-state index contributed by atoms with van der Waals surface area (Å²) in [7, 11) is -1.91. The number of piperazine rings is 1. The second-order valence-corrected chi connectivity index (χ2v) is 9.52. The molecule has 1 aliphatic rings. The predicted molar refractivity (Wildman–Crippen MR) is 116 cm³/mol. The Morgan fingerprint density at radius 3 is 2.27 bits per heavy atom. The maximum absolute atomic E-state index is 13.0. The number of hydrogen-bond donors (Lipinski definition) is 1. The van der Waals surface area contributed by atoms with Gasteiger partial charge >= 0.3 is 0 Å². The van der Waals surface area contributed by atoms with Crippen LogP contribution in [-0.4, -0.2) is 75.3 Å². The van der Waals surface area contributed by atoms with Crippen molar-refractivity contribution in [3.05, 3.63) is 53.6 Å². The Balaban J connectivity index is 1.49. The van der Waals surface area contributed by atoms with Crippen LogP contribution >= 0.6 is 0 Å². The first-order valence-corrected chi connectivity index (χ1v) is 11.5. The van der Waals surface area contributed by atoms with Crippen molar-refractivity contribution in [1.82, 2.24) is 9.21 Å². The van der Waals surface area contributed by atoms with Crippen LogP contribution in [0.1, 0.15) is 11.1 Å². The minimum absolute atomic E-state index is 0.174. The summed E-state index contributed by atoms with van der Waals surface area (Å²) < 4.78 is 38.3. The quantitative estimate of drug-likeness (QED) is 0.685. The van der Waals surface area contributed by atoms with Gasteiger partial charge < -0.3 is 14.6 Å². The van der Waals surface area contributed by atoms with Crippen molar-refractivity contribution in [2.45, 2.75) is 24.8 Å². The SMILES string of the molecule is COc1ccc(OCC(O)CN2CCN(S(=O)(=O)c3cc(C)ccc3C)CC2)cc1. The Hall–Kier alpha value is -2.13. The van der Waals surface area contributed by atoms with Crippen molar-refractivity contribution in [2.75, 3.05) is 46.4 Å². The highest BCUT2D eigenvalue weighted by atomic mass is 32.2. The molecule has 30 heavy (non-hydrogen) atoms. The minimum atomic E-state index is -3.51. The topological polar surface area (TPSA) is 79.3 Å². The first-order valence-electron chi connectivity index (χ1n) is 10.0. The van der Waals surface area contributed by atoms with Gasteiger partial charge in [-0.25, -0.2) is 8.42 Å². The predicted octanol–water partition coefficient (Wildman–Crippen LogP) is 2.06. The Bertz CT molecular complexity index is 939. The average molecular weight is 435 g/mol. The molecule has 8 heteroatoms. The summed E-state index contributed by atoms with van der Waals surface area (Å²) in [5.74, 6) is 1.41. The third-order valence-electron chi connectivity index (χ3n) is 5.26. The molecule has 2 aromatic rings. The van der Waals surface area contributed by atoms with E-state index in [4.69, 9.17) is 9.47 Å². The zero-order valence-corrected chi connectivity index (χ0v) is 18.6. The maximum Gasteiger partial charge on any atom is 0.243 e. The number of sulfonamides is 1. The van der Waals surface area contributed by atoms with E-state index in [2.05, 4.69) is 4.90 Å². The van der Waals surface area contributed by atoms with Crippen LogP contribution in [0.3, 0.4) is 0 Å². The van der Waals surface area contributed by atoms with Gasteiger partial charge in [-0.1, -0.05) is 12.1 Å². The molecule has 7 nitrogen and oxygen atoms in total. The largest absolute Gasteiger partial charge is 0.497 e.